The molecule has 0 radical (unpaired) electrons. The Balaban J connectivity index is 1.96. The van der Waals surface area contributed by atoms with E-state index in [2.05, 4.69) is 26.2 Å². The molecule has 3 aromatic rings. The van der Waals surface area contributed by atoms with Crippen LogP contribution in [-0.4, -0.2) is 4.98 Å². The molecule has 2 nitrogen and oxygen atoms in total. The summed E-state index contributed by atoms with van der Waals surface area (Å²) in [4.78, 5) is 4.52. The molecule has 0 unspecified atom stereocenters. The quantitative estimate of drug-likeness (QED) is 0.691. The Morgan fingerprint density at radius 2 is 2.05 bits per heavy atom. The molecule has 5 heteroatoms. The Kier molecular flexibility index (Phi) is 3.24. The van der Waals surface area contributed by atoms with E-state index in [0.717, 1.165) is 31.1 Å². The first-order chi connectivity index (χ1) is 9.11. The summed E-state index contributed by atoms with van der Waals surface area (Å²) in [7, 11) is 0. The minimum absolute atomic E-state index is 0.226. The molecule has 1 N–H and O–H groups in total. The fourth-order valence-corrected chi connectivity index (χ4v) is 3.04. The highest BCUT2D eigenvalue weighted by atomic mass is 79.9. The van der Waals surface area contributed by atoms with Gasteiger partial charge in [0, 0.05) is 10.2 Å². The van der Waals surface area contributed by atoms with Crippen LogP contribution < -0.4 is 5.32 Å². The minimum atomic E-state index is -0.226. The molecule has 0 atom stereocenters. The molecule has 0 aliphatic carbocycles. The van der Waals surface area contributed by atoms with Crippen molar-refractivity contribution in [2.45, 2.75) is 6.92 Å². The van der Waals surface area contributed by atoms with Gasteiger partial charge in [0.2, 0.25) is 0 Å². The second-order valence-electron chi connectivity index (χ2n) is 4.22. The van der Waals surface area contributed by atoms with Crippen LogP contribution >= 0.6 is 27.3 Å². The van der Waals surface area contributed by atoms with E-state index in [9.17, 15) is 4.39 Å². The molecule has 0 saturated carbocycles. The molecule has 0 fully saturated rings. The van der Waals surface area contributed by atoms with Gasteiger partial charge in [0.25, 0.3) is 0 Å². The van der Waals surface area contributed by atoms with Crippen molar-refractivity contribution in [3.05, 3.63) is 52.3 Å². The monoisotopic (exact) mass is 336 g/mol. The molecule has 0 amide bonds. The molecule has 19 heavy (non-hydrogen) atoms. The first-order valence-electron chi connectivity index (χ1n) is 5.71. The van der Waals surface area contributed by atoms with E-state index in [1.54, 1.807) is 17.4 Å². The van der Waals surface area contributed by atoms with Gasteiger partial charge >= 0.3 is 0 Å². The zero-order valence-electron chi connectivity index (χ0n) is 10.1. The smallest absolute Gasteiger partial charge is 0.188 e. The Hall–Kier alpha value is -1.46. The highest BCUT2D eigenvalue weighted by molar-refractivity contribution is 9.10. The molecule has 0 spiro atoms. The second-order valence-corrected chi connectivity index (χ2v) is 6.16. The number of hydrogen-bond donors (Lipinski definition) is 1. The SMILES string of the molecule is Cc1cc(F)ccc1Nc1nc2cc(Br)ccc2s1. The van der Waals surface area contributed by atoms with E-state index in [1.807, 2.05) is 25.1 Å². The average Bonchev–Trinajstić information content (AvgIpc) is 2.74. The van der Waals surface area contributed by atoms with E-state index < -0.39 is 0 Å². The van der Waals surface area contributed by atoms with Crippen LogP contribution in [0.3, 0.4) is 0 Å². The van der Waals surface area contributed by atoms with Gasteiger partial charge in [0.15, 0.2) is 5.13 Å². The first-order valence-corrected chi connectivity index (χ1v) is 7.32. The summed E-state index contributed by atoms with van der Waals surface area (Å²) in [5.41, 5.74) is 2.68. The molecular weight excluding hydrogens is 327 g/mol. The van der Waals surface area contributed by atoms with Gasteiger partial charge in [0.1, 0.15) is 5.82 Å². The van der Waals surface area contributed by atoms with Gasteiger partial charge in [-0.15, -0.1) is 0 Å². The van der Waals surface area contributed by atoms with E-state index in [4.69, 9.17) is 0 Å². The maximum absolute atomic E-state index is 13.1. The lowest BCUT2D eigenvalue weighted by atomic mass is 10.2. The van der Waals surface area contributed by atoms with Gasteiger partial charge in [-0.1, -0.05) is 27.3 Å². The zero-order valence-corrected chi connectivity index (χ0v) is 12.5. The molecule has 0 bridgehead atoms. The zero-order chi connectivity index (χ0) is 13.4. The predicted octanol–water partition coefficient (Wildman–Crippen LogP) is 5.25. The third-order valence-corrected chi connectivity index (χ3v) is 4.22. The largest absolute Gasteiger partial charge is 0.331 e. The van der Waals surface area contributed by atoms with E-state index in [-0.39, 0.29) is 5.82 Å². The fourth-order valence-electron chi connectivity index (χ4n) is 1.84. The molecule has 1 aromatic heterocycles. The lowest BCUT2D eigenvalue weighted by Crippen LogP contribution is -1.92. The average molecular weight is 337 g/mol. The van der Waals surface area contributed by atoms with Crippen LogP contribution in [0.2, 0.25) is 0 Å². The molecule has 1 heterocycles. The number of nitrogens with zero attached hydrogens (tertiary/aromatic N) is 1. The molecule has 96 valence electrons. The van der Waals surface area contributed by atoms with Crippen LogP contribution in [0.4, 0.5) is 15.2 Å². The number of hydrogen-bond acceptors (Lipinski definition) is 3. The van der Waals surface area contributed by atoms with Crippen molar-refractivity contribution in [2.24, 2.45) is 0 Å². The lowest BCUT2D eigenvalue weighted by molar-refractivity contribution is 0.627. The minimum Gasteiger partial charge on any atom is -0.331 e. The van der Waals surface area contributed by atoms with Gasteiger partial charge < -0.3 is 5.32 Å². The van der Waals surface area contributed by atoms with Crippen LogP contribution in [-0.2, 0) is 0 Å². The topological polar surface area (TPSA) is 24.9 Å². The Morgan fingerprint density at radius 3 is 2.84 bits per heavy atom. The number of aromatic nitrogens is 1. The lowest BCUT2D eigenvalue weighted by Gasteiger charge is -2.05. The van der Waals surface area contributed by atoms with Crippen LogP contribution in [0.25, 0.3) is 10.2 Å². The van der Waals surface area contributed by atoms with Crippen molar-refractivity contribution in [3.63, 3.8) is 0 Å². The number of fused-ring (bicyclic) bond motifs is 1. The highest BCUT2D eigenvalue weighted by Gasteiger charge is 2.06. The van der Waals surface area contributed by atoms with Crippen LogP contribution in [0.1, 0.15) is 5.56 Å². The predicted molar refractivity (Wildman–Crippen MR) is 81.7 cm³/mol. The Labute approximate surface area is 122 Å². The molecule has 0 aliphatic rings. The van der Waals surface area contributed by atoms with Crippen molar-refractivity contribution in [2.75, 3.05) is 5.32 Å². The fraction of sp³-hybridized carbons (Fsp3) is 0.0714. The molecule has 3 rings (SSSR count). The van der Waals surface area contributed by atoms with E-state index in [0.29, 0.717) is 0 Å². The normalized spacial score (nSPS) is 10.9. The summed E-state index contributed by atoms with van der Waals surface area (Å²) < 4.78 is 15.2. The van der Waals surface area contributed by atoms with E-state index >= 15 is 0 Å². The van der Waals surface area contributed by atoms with Crippen molar-refractivity contribution < 1.29 is 4.39 Å². The number of rotatable bonds is 2. The summed E-state index contributed by atoms with van der Waals surface area (Å²) >= 11 is 5.01. The van der Waals surface area contributed by atoms with Crippen molar-refractivity contribution in [3.8, 4) is 0 Å². The van der Waals surface area contributed by atoms with Gasteiger partial charge in [-0.2, -0.15) is 0 Å². The summed E-state index contributed by atoms with van der Waals surface area (Å²) in [6, 6.07) is 10.7. The van der Waals surface area contributed by atoms with Gasteiger partial charge in [-0.3, -0.25) is 0 Å². The standard InChI is InChI=1S/C14H10BrFN2S/c1-8-6-10(16)3-4-11(8)17-14-18-12-7-9(15)2-5-13(12)19-14/h2-7H,1H3,(H,17,18). The molecule has 2 aromatic carbocycles. The third kappa shape index (κ3) is 2.62. The number of benzene rings is 2. The third-order valence-electron chi connectivity index (χ3n) is 2.78. The summed E-state index contributed by atoms with van der Waals surface area (Å²) in [5, 5.41) is 4.04. The van der Waals surface area contributed by atoms with Gasteiger partial charge in [-0.25, -0.2) is 9.37 Å². The van der Waals surface area contributed by atoms with Gasteiger partial charge in [0.05, 0.1) is 10.2 Å². The van der Waals surface area contributed by atoms with Crippen LogP contribution in [0.15, 0.2) is 40.9 Å². The molecule has 0 aliphatic heterocycles. The number of anilines is 2. The summed E-state index contributed by atoms with van der Waals surface area (Å²) in [5.74, 6) is -0.226. The van der Waals surface area contributed by atoms with Crippen molar-refractivity contribution in [1.29, 1.82) is 0 Å². The maximum atomic E-state index is 13.1. The van der Waals surface area contributed by atoms with Gasteiger partial charge in [-0.05, 0) is 48.9 Å². The number of nitrogens with one attached hydrogen (secondary N) is 1. The van der Waals surface area contributed by atoms with E-state index in [1.165, 1.54) is 12.1 Å². The first kappa shape index (κ1) is 12.6. The Morgan fingerprint density at radius 1 is 1.21 bits per heavy atom. The number of halogens is 2. The highest BCUT2D eigenvalue weighted by Crippen LogP contribution is 2.31. The number of thiazole rings is 1. The van der Waals surface area contributed by atoms with Crippen molar-refractivity contribution in [1.82, 2.24) is 4.98 Å². The molecule has 0 saturated heterocycles. The van der Waals surface area contributed by atoms with Crippen LogP contribution in [0, 0.1) is 12.7 Å². The van der Waals surface area contributed by atoms with Crippen LogP contribution in [0.5, 0.6) is 0 Å². The summed E-state index contributed by atoms with van der Waals surface area (Å²) in [6.45, 7) is 1.87. The maximum Gasteiger partial charge on any atom is 0.188 e. The Bertz CT molecular complexity index is 754. The second kappa shape index (κ2) is 4.90. The number of aryl methyl sites for hydroxylation is 1. The van der Waals surface area contributed by atoms with Crippen molar-refractivity contribution >= 4 is 48.3 Å². The molecular formula is C14H10BrFN2S. The summed E-state index contributed by atoms with van der Waals surface area (Å²) in [6.07, 6.45) is 0.